The molecular weight excluding hydrogens is 374 g/mol. The minimum atomic E-state index is -0.559. The lowest BCUT2D eigenvalue weighted by Gasteiger charge is -2.18. The zero-order valence-corrected chi connectivity index (χ0v) is 16.5. The summed E-state index contributed by atoms with van der Waals surface area (Å²) in [5, 5.41) is 4.42. The number of hydrogen-bond donors (Lipinski definition) is 1. The van der Waals surface area contributed by atoms with Gasteiger partial charge in [0.1, 0.15) is 6.04 Å². The van der Waals surface area contributed by atoms with Gasteiger partial charge in [0, 0.05) is 22.6 Å². The Morgan fingerprint density at radius 3 is 2.75 bits per heavy atom. The van der Waals surface area contributed by atoms with Crippen LogP contribution in [0.5, 0.6) is 0 Å². The van der Waals surface area contributed by atoms with Gasteiger partial charge in [0.15, 0.2) is 0 Å². The Labute approximate surface area is 168 Å². The highest BCUT2D eigenvalue weighted by molar-refractivity contribution is 6.31. The van der Waals surface area contributed by atoms with Gasteiger partial charge in [-0.15, -0.1) is 0 Å². The summed E-state index contributed by atoms with van der Waals surface area (Å²) in [5.74, 6) is -0.390. The molecule has 1 aromatic heterocycles. The van der Waals surface area contributed by atoms with Gasteiger partial charge in [-0.2, -0.15) is 0 Å². The smallest absolute Gasteiger partial charge is 0.254 e. The van der Waals surface area contributed by atoms with Crippen molar-refractivity contribution >= 4 is 40.0 Å². The number of aryl methyl sites for hydroxylation is 2. The number of fused-ring (bicyclic) bond motifs is 1. The molecule has 2 heterocycles. The van der Waals surface area contributed by atoms with Crippen LogP contribution in [-0.2, 0) is 4.79 Å². The molecule has 0 bridgehead atoms. The average molecular weight is 394 g/mol. The van der Waals surface area contributed by atoms with Crippen molar-refractivity contribution in [1.82, 2.24) is 10.3 Å². The first-order valence-electron chi connectivity index (χ1n) is 9.19. The summed E-state index contributed by atoms with van der Waals surface area (Å²) in [4.78, 5) is 32.0. The van der Waals surface area contributed by atoms with Crippen LogP contribution in [0.1, 0.15) is 28.0 Å². The standard InChI is InChI=1S/C22H20ClN3O2/c1-13-17-8-3-4-9-18(17)24-14(2)20(13)21(27)25-19-10-11-26(22(19)28)16-7-5-6-15(23)12-16/h3-9,12,19H,10-11H2,1-2H3,(H,25,27). The number of pyridine rings is 1. The third-order valence-electron chi connectivity index (χ3n) is 5.19. The Morgan fingerprint density at radius 2 is 1.96 bits per heavy atom. The summed E-state index contributed by atoms with van der Waals surface area (Å²) in [7, 11) is 0. The lowest BCUT2D eigenvalue weighted by Crippen LogP contribution is -2.42. The first kappa shape index (κ1) is 18.4. The molecule has 1 unspecified atom stereocenters. The van der Waals surface area contributed by atoms with Gasteiger partial charge in [-0.1, -0.05) is 35.9 Å². The number of para-hydroxylation sites is 1. The average Bonchev–Trinajstić information content (AvgIpc) is 3.02. The molecule has 1 saturated heterocycles. The van der Waals surface area contributed by atoms with Crippen LogP contribution >= 0.6 is 11.6 Å². The number of carbonyl (C=O) groups excluding carboxylic acids is 2. The molecule has 6 heteroatoms. The molecule has 2 amide bonds. The third kappa shape index (κ3) is 3.22. The molecule has 0 saturated carbocycles. The zero-order valence-electron chi connectivity index (χ0n) is 15.7. The quantitative estimate of drug-likeness (QED) is 0.730. The van der Waals surface area contributed by atoms with E-state index in [0.29, 0.717) is 29.2 Å². The van der Waals surface area contributed by atoms with Gasteiger partial charge in [0.05, 0.1) is 16.8 Å². The van der Waals surface area contributed by atoms with E-state index in [0.717, 1.165) is 22.2 Å². The van der Waals surface area contributed by atoms with E-state index in [-0.39, 0.29) is 11.8 Å². The van der Waals surface area contributed by atoms with Crippen LogP contribution in [0.3, 0.4) is 0 Å². The van der Waals surface area contributed by atoms with Gasteiger partial charge in [-0.05, 0) is 50.1 Å². The fourth-order valence-corrected chi connectivity index (χ4v) is 3.99. The Hall–Kier alpha value is -2.92. The number of rotatable bonds is 3. The summed E-state index contributed by atoms with van der Waals surface area (Å²) in [5.41, 5.74) is 3.67. The predicted molar refractivity (Wildman–Crippen MR) is 111 cm³/mol. The number of halogens is 1. The highest BCUT2D eigenvalue weighted by atomic mass is 35.5. The number of carbonyl (C=O) groups is 2. The lowest BCUT2D eigenvalue weighted by molar-refractivity contribution is -0.118. The van der Waals surface area contributed by atoms with Gasteiger partial charge in [-0.3, -0.25) is 14.6 Å². The lowest BCUT2D eigenvalue weighted by atomic mass is 10.0. The number of nitrogens with zero attached hydrogens (tertiary/aromatic N) is 2. The van der Waals surface area contributed by atoms with E-state index in [2.05, 4.69) is 10.3 Å². The summed E-state index contributed by atoms with van der Waals surface area (Å²) in [6, 6.07) is 14.4. The monoisotopic (exact) mass is 393 g/mol. The third-order valence-corrected chi connectivity index (χ3v) is 5.43. The maximum absolute atomic E-state index is 13.0. The topological polar surface area (TPSA) is 62.3 Å². The molecule has 1 aliphatic rings. The Kier molecular flexibility index (Phi) is 4.77. The van der Waals surface area contributed by atoms with E-state index in [1.807, 2.05) is 50.2 Å². The second kappa shape index (κ2) is 7.24. The van der Waals surface area contributed by atoms with Crippen molar-refractivity contribution < 1.29 is 9.59 Å². The fourth-order valence-electron chi connectivity index (χ4n) is 3.81. The van der Waals surface area contributed by atoms with E-state index in [9.17, 15) is 9.59 Å². The normalized spacial score (nSPS) is 16.6. The molecule has 142 valence electrons. The van der Waals surface area contributed by atoms with Crippen molar-refractivity contribution in [2.24, 2.45) is 0 Å². The second-order valence-corrected chi connectivity index (χ2v) is 7.44. The molecule has 1 atom stereocenters. The minimum absolute atomic E-state index is 0.125. The van der Waals surface area contributed by atoms with Crippen molar-refractivity contribution in [3.8, 4) is 0 Å². The SMILES string of the molecule is Cc1nc2ccccc2c(C)c1C(=O)NC1CCN(c2cccc(Cl)c2)C1=O. The Balaban J connectivity index is 1.58. The number of benzene rings is 2. The van der Waals surface area contributed by atoms with Crippen molar-refractivity contribution in [3.63, 3.8) is 0 Å². The predicted octanol–water partition coefficient (Wildman–Crippen LogP) is 4.04. The number of hydrogen-bond acceptors (Lipinski definition) is 3. The zero-order chi connectivity index (χ0) is 19.8. The highest BCUT2D eigenvalue weighted by Crippen LogP contribution is 2.26. The van der Waals surface area contributed by atoms with E-state index < -0.39 is 6.04 Å². The molecule has 0 spiro atoms. The van der Waals surface area contributed by atoms with Gasteiger partial charge >= 0.3 is 0 Å². The van der Waals surface area contributed by atoms with E-state index >= 15 is 0 Å². The van der Waals surface area contributed by atoms with Crippen LogP contribution in [-0.4, -0.2) is 29.4 Å². The summed E-state index contributed by atoms with van der Waals surface area (Å²) in [6.07, 6.45) is 0.552. The summed E-state index contributed by atoms with van der Waals surface area (Å²) in [6.45, 7) is 4.28. The van der Waals surface area contributed by atoms with Crippen molar-refractivity contribution in [2.75, 3.05) is 11.4 Å². The number of amides is 2. The van der Waals surface area contributed by atoms with E-state index in [1.165, 1.54) is 0 Å². The summed E-state index contributed by atoms with van der Waals surface area (Å²) >= 11 is 6.04. The van der Waals surface area contributed by atoms with Gasteiger partial charge in [0.25, 0.3) is 5.91 Å². The molecule has 1 fully saturated rings. The van der Waals surface area contributed by atoms with Crippen LogP contribution in [0.15, 0.2) is 48.5 Å². The van der Waals surface area contributed by atoms with Gasteiger partial charge in [0.2, 0.25) is 5.91 Å². The van der Waals surface area contributed by atoms with Gasteiger partial charge < -0.3 is 10.2 Å². The Bertz CT molecular complexity index is 1100. The van der Waals surface area contributed by atoms with Crippen molar-refractivity contribution in [3.05, 3.63) is 70.4 Å². The number of aromatic nitrogens is 1. The summed E-state index contributed by atoms with van der Waals surface area (Å²) < 4.78 is 0. The van der Waals surface area contributed by atoms with Crippen molar-refractivity contribution in [1.29, 1.82) is 0 Å². The van der Waals surface area contributed by atoms with Crippen molar-refractivity contribution in [2.45, 2.75) is 26.3 Å². The van der Waals surface area contributed by atoms with Gasteiger partial charge in [-0.25, -0.2) is 0 Å². The molecule has 2 aromatic carbocycles. The molecule has 3 aromatic rings. The minimum Gasteiger partial charge on any atom is -0.340 e. The largest absolute Gasteiger partial charge is 0.340 e. The van der Waals surface area contributed by atoms with E-state index in [4.69, 9.17) is 11.6 Å². The maximum Gasteiger partial charge on any atom is 0.254 e. The molecule has 0 aliphatic carbocycles. The molecular formula is C22H20ClN3O2. The Morgan fingerprint density at radius 1 is 1.18 bits per heavy atom. The number of nitrogens with one attached hydrogen (secondary N) is 1. The molecule has 5 nitrogen and oxygen atoms in total. The first-order valence-corrected chi connectivity index (χ1v) is 9.57. The van der Waals surface area contributed by atoms with E-state index in [1.54, 1.807) is 17.0 Å². The molecule has 4 rings (SSSR count). The van der Waals surface area contributed by atoms with Crippen LogP contribution in [0.4, 0.5) is 5.69 Å². The van der Waals surface area contributed by atoms with Crippen LogP contribution in [0, 0.1) is 13.8 Å². The molecule has 0 radical (unpaired) electrons. The first-order chi connectivity index (χ1) is 13.5. The molecule has 1 N–H and O–H groups in total. The van der Waals surface area contributed by atoms with Crippen LogP contribution < -0.4 is 10.2 Å². The molecule has 1 aliphatic heterocycles. The number of anilines is 1. The fraction of sp³-hybridized carbons (Fsp3) is 0.227. The maximum atomic E-state index is 13.0. The van der Waals surface area contributed by atoms with Crippen LogP contribution in [0.2, 0.25) is 5.02 Å². The van der Waals surface area contributed by atoms with Crippen LogP contribution in [0.25, 0.3) is 10.9 Å². The highest BCUT2D eigenvalue weighted by Gasteiger charge is 2.34. The second-order valence-electron chi connectivity index (χ2n) is 7.00. The molecule has 28 heavy (non-hydrogen) atoms.